The Labute approximate surface area is 120 Å². The van der Waals surface area contributed by atoms with Crippen LogP contribution in [0.15, 0.2) is 41.1 Å². The molecule has 0 atom stereocenters. The third kappa shape index (κ3) is 2.66. The molecule has 1 heterocycles. The van der Waals surface area contributed by atoms with Gasteiger partial charge in [-0.3, -0.25) is 14.9 Å². The number of nitrogens with one attached hydrogen (secondary N) is 1. The number of hydrogen-bond donors (Lipinski definition) is 1. The first kappa shape index (κ1) is 14.4. The Hall–Kier alpha value is -2.96. The number of nitro groups is 1. The largest absolute Gasteiger partial charge is 0.465 e. The maximum Gasteiger partial charge on any atom is 0.340 e. The standard InChI is InChI=1S/C14H12N2O5/c1-8-12(14(18)21-2)10(13(17)15-8)7-9-5-3-4-6-11(9)16(19)20/h3-7H,1-2H3,(H,15,17)/b10-7-. The molecule has 1 aromatic rings. The number of hydrogen-bond acceptors (Lipinski definition) is 5. The second kappa shape index (κ2) is 5.58. The van der Waals surface area contributed by atoms with Gasteiger partial charge in [0.15, 0.2) is 0 Å². The highest BCUT2D eigenvalue weighted by Gasteiger charge is 2.31. The molecule has 0 saturated heterocycles. The Morgan fingerprint density at radius 2 is 2.05 bits per heavy atom. The summed E-state index contributed by atoms with van der Waals surface area (Å²) in [6.07, 6.45) is 1.32. The molecule has 2 rings (SSSR count). The van der Waals surface area contributed by atoms with Crippen LogP contribution in [0, 0.1) is 10.1 Å². The maximum atomic E-state index is 11.9. The summed E-state index contributed by atoms with van der Waals surface area (Å²) in [5.74, 6) is -1.17. The predicted octanol–water partition coefficient (Wildman–Crippen LogP) is 1.55. The average Bonchev–Trinajstić information content (AvgIpc) is 2.73. The molecule has 1 N–H and O–H groups in total. The summed E-state index contributed by atoms with van der Waals surface area (Å²) in [7, 11) is 1.20. The number of carbonyl (C=O) groups excluding carboxylic acids is 2. The summed E-state index contributed by atoms with van der Waals surface area (Å²) in [4.78, 5) is 34.1. The Morgan fingerprint density at radius 1 is 1.38 bits per heavy atom. The third-order valence-corrected chi connectivity index (χ3v) is 3.01. The number of methoxy groups -OCH3 is 1. The van der Waals surface area contributed by atoms with Crippen molar-refractivity contribution in [1.29, 1.82) is 0 Å². The van der Waals surface area contributed by atoms with Gasteiger partial charge in [0.2, 0.25) is 0 Å². The first-order valence-corrected chi connectivity index (χ1v) is 6.01. The van der Waals surface area contributed by atoms with Crippen LogP contribution >= 0.6 is 0 Å². The molecule has 0 saturated carbocycles. The molecule has 7 nitrogen and oxygen atoms in total. The van der Waals surface area contributed by atoms with Crippen molar-refractivity contribution >= 4 is 23.6 Å². The van der Waals surface area contributed by atoms with Crippen LogP contribution in [0.4, 0.5) is 5.69 Å². The van der Waals surface area contributed by atoms with E-state index in [0.717, 1.165) is 0 Å². The lowest BCUT2D eigenvalue weighted by Gasteiger charge is -2.03. The predicted molar refractivity (Wildman–Crippen MR) is 73.9 cm³/mol. The Morgan fingerprint density at radius 3 is 2.67 bits per heavy atom. The molecule has 0 fully saturated rings. The highest BCUT2D eigenvalue weighted by Crippen LogP contribution is 2.27. The van der Waals surface area contributed by atoms with Gasteiger partial charge in [0.1, 0.15) is 0 Å². The van der Waals surface area contributed by atoms with Crippen molar-refractivity contribution < 1.29 is 19.2 Å². The summed E-state index contributed by atoms with van der Waals surface area (Å²) in [6, 6.07) is 5.96. The Kier molecular flexibility index (Phi) is 3.84. The van der Waals surface area contributed by atoms with E-state index in [0.29, 0.717) is 5.70 Å². The lowest BCUT2D eigenvalue weighted by Crippen LogP contribution is -2.15. The van der Waals surface area contributed by atoms with E-state index in [9.17, 15) is 19.7 Å². The first-order chi connectivity index (χ1) is 9.95. The number of amides is 1. The summed E-state index contributed by atoms with van der Waals surface area (Å²) in [5, 5.41) is 13.5. The van der Waals surface area contributed by atoms with Crippen molar-refractivity contribution in [3.05, 3.63) is 56.8 Å². The van der Waals surface area contributed by atoms with Crippen LogP contribution in [0.25, 0.3) is 6.08 Å². The number of para-hydroxylation sites is 1. The summed E-state index contributed by atoms with van der Waals surface area (Å²) in [5.41, 5.74) is 0.585. The van der Waals surface area contributed by atoms with Crippen LogP contribution in [0.1, 0.15) is 12.5 Å². The van der Waals surface area contributed by atoms with Crippen LogP contribution in [-0.2, 0) is 14.3 Å². The zero-order valence-corrected chi connectivity index (χ0v) is 11.4. The van der Waals surface area contributed by atoms with Gasteiger partial charge in [0.05, 0.1) is 28.7 Å². The van der Waals surface area contributed by atoms with E-state index in [-0.39, 0.29) is 22.4 Å². The second-order valence-corrected chi connectivity index (χ2v) is 4.32. The first-order valence-electron chi connectivity index (χ1n) is 6.01. The zero-order chi connectivity index (χ0) is 15.6. The van der Waals surface area contributed by atoms with E-state index in [2.05, 4.69) is 10.1 Å². The number of carbonyl (C=O) groups is 2. The van der Waals surface area contributed by atoms with Crippen LogP contribution in [0.5, 0.6) is 0 Å². The minimum absolute atomic E-state index is 0.0497. The lowest BCUT2D eigenvalue weighted by molar-refractivity contribution is -0.385. The molecule has 1 amide bonds. The molecule has 1 aromatic carbocycles. The van der Waals surface area contributed by atoms with Crippen molar-refractivity contribution in [1.82, 2.24) is 5.32 Å². The summed E-state index contributed by atoms with van der Waals surface area (Å²) < 4.78 is 4.63. The second-order valence-electron chi connectivity index (χ2n) is 4.32. The zero-order valence-electron chi connectivity index (χ0n) is 11.4. The number of nitro benzene ring substituents is 1. The quantitative estimate of drug-likeness (QED) is 0.394. The smallest absolute Gasteiger partial charge is 0.340 e. The monoisotopic (exact) mass is 288 g/mol. The third-order valence-electron chi connectivity index (χ3n) is 3.01. The molecule has 1 aliphatic heterocycles. The Balaban J connectivity index is 2.57. The average molecular weight is 288 g/mol. The molecular formula is C14H12N2O5. The fraction of sp³-hybridized carbons (Fsp3) is 0.143. The van der Waals surface area contributed by atoms with Gasteiger partial charge in [-0.25, -0.2) is 4.79 Å². The van der Waals surface area contributed by atoms with E-state index in [4.69, 9.17) is 0 Å². The van der Waals surface area contributed by atoms with Crippen LogP contribution < -0.4 is 5.32 Å². The molecule has 0 radical (unpaired) electrons. The Bertz CT molecular complexity index is 703. The van der Waals surface area contributed by atoms with Gasteiger partial charge in [-0.05, 0) is 19.1 Å². The fourth-order valence-corrected chi connectivity index (χ4v) is 2.05. The highest BCUT2D eigenvalue weighted by molar-refractivity contribution is 6.16. The van der Waals surface area contributed by atoms with Gasteiger partial charge in [-0.15, -0.1) is 0 Å². The molecule has 0 spiro atoms. The number of esters is 1. The van der Waals surface area contributed by atoms with Gasteiger partial charge in [-0.2, -0.15) is 0 Å². The number of ether oxygens (including phenoxy) is 1. The number of allylic oxidation sites excluding steroid dienone is 1. The maximum absolute atomic E-state index is 11.9. The van der Waals surface area contributed by atoms with Crippen molar-refractivity contribution in [2.75, 3.05) is 7.11 Å². The number of rotatable bonds is 3. The lowest BCUT2D eigenvalue weighted by atomic mass is 10.0. The molecule has 21 heavy (non-hydrogen) atoms. The minimum Gasteiger partial charge on any atom is -0.465 e. The number of benzene rings is 1. The van der Waals surface area contributed by atoms with Gasteiger partial charge < -0.3 is 10.1 Å². The van der Waals surface area contributed by atoms with Gasteiger partial charge in [0.25, 0.3) is 11.6 Å². The molecule has 0 bridgehead atoms. The SMILES string of the molecule is COC(=O)C1=C(C)NC(=O)/C1=C\c1ccccc1[N+](=O)[O-]. The van der Waals surface area contributed by atoms with E-state index >= 15 is 0 Å². The highest BCUT2D eigenvalue weighted by atomic mass is 16.6. The normalized spacial score (nSPS) is 16.1. The van der Waals surface area contributed by atoms with Crippen LogP contribution in [0.3, 0.4) is 0 Å². The molecule has 0 aliphatic carbocycles. The summed E-state index contributed by atoms with van der Waals surface area (Å²) in [6.45, 7) is 1.56. The molecule has 108 valence electrons. The molecular weight excluding hydrogens is 276 g/mol. The molecule has 7 heteroatoms. The minimum atomic E-state index is -0.671. The van der Waals surface area contributed by atoms with Crippen molar-refractivity contribution in [2.45, 2.75) is 6.92 Å². The number of nitrogens with zero attached hydrogens (tertiary/aromatic N) is 1. The van der Waals surface area contributed by atoms with E-state index < -0.39 is 16.8 Å². The van der Waals surface area contributed by atoms with Crippen molar-refractivity contribution in [3.8, 4) is 0 Å². The van der Waals surface area contributed by atoms with Crippen molar-refractivity contribution in [3.63, 3.8) is 0 Å². The molecule has 0 unspecified atom stereocenters. The van der Waals surface area contributed by atoms with Gasteiger partial charge in [0, 0.05) is 11.8 Å². The fourth-order valence-electron chi connectivity index (χ4n) is 2.05. The molecule has 1 aliphatic rings. The van der Waals surface area contributed by atoms with Crippen molar-refractivity contribution in [2.24, 2.45) is 0 Å². The van der Waals surface area contributed by atoms with Gasteiger partial charge >= 0.3 is 5.97 Å². The van der Waals surface area contributed by atoms with Crippen LogP contribution in [-0.4, -0.2) is 23.9 Å². The van der Waals surface area contributed by atoms with E-state index in [1.54, 1.807) is 13.0 Å². The van der Waals surface area contributed by atoms with Crippen LogP contribution in [0.2, 0.25) is 0 Å². The van der Waals surface area contributed by atoms with E-state index in [1.807, 2.05) is 0 Å². The van der Waals surface area contributed by atoms with E-state index in [1.165, 1.54) is 31.4 Å². The van der Waals surface area contributed by atoms with Gasteiger partial charge in [-0.1, -0.05) is 12.1 Å². The topological polar surface area (TPSA) is 98.5 Å². The summed E-state index contributed by atoms with van der Waals surface area (Å²) >= 11 is 0. The molecule has 0 aromatic heterocycles.